The Hall–Kier alpha value is -1.90. The van der Waals surface area contributed by atoms with Gasteiger partial charge in [-0.1, -0.05) is 30.3 Å². The molecule has 1 aromatic heterocycles. The number of ketones is 1. The van der Waals surface area contributed by atoms with Gasteiger partial charge in [-0.25, -0.2) is 0 Å². The molecule has 0 radical (unpaired) electrons. The highest BCUT2D eigenvalue weighted by Crippen LogP contribution is 2.33. The van der Waals surface area contributed by atoms with Gasteiger partial charge in [0.25, 0.3) is 0 Å². The molecule has 0 fully saturated rings. The lowest BCUT2D eigenvalue weighted by Gasteiger charge is -2.19. The molecule has 20 heavy (non-hydrogen) atoms. The fraction of sp³-hybridized carbons (Fsp3) is 0.412. The number of carbonyl (C=O) groups excluding carboxylic acids is 1. The van der Waals surface area contributed by atoms with Gasteiger partial charge in [-0.05, 0) is 12.5 Å². The van der Waals surface area contributed by atoms with Crippen LogP contribution in [0.4, 0.5) is 0 Å². The Labute approximate surface area is 118 Å². The van der Waals surface area contributed by atoms with Crippen molar-refractivity contribution < 1.29 is 9.48 Å². The number of hydrogen-bond donors (Lipinski definition) is 0. The molecule has 1 aromatic carbocycles. The van der Waals surface area contributed by atoms with E-state index in [1.54, 1.807) is 0 Å². The summed E-state index contributed by atoms with van der Waals surface area (Å²) in [5.74, 6) is 0.669. The lowest BCUT2D eigenvalue weighted by Crippen LogP contribution is -2.42. The number of carbonyl (C=O) groups is 1. The zero-order valence-corrected chi connectivity index (χ0v) is 11.8. The molecule has 0 spiro atoms. The molecule has 0 bridgehead atoms. The Morgan fingerprint density at radius 1 is 1.20 bits per heavy atom. The van der Waals surface area contributed by atoms with Crippen LogP contribution < -0.4 is 4.68 Å². The molecule has 1 aliphatic heterocycles. The number of rotatable bonds is 1. The van der Waals surface area contributed by atoms with Gasteiger partial charge >= 0.3 is 0 Å². The fourth-order valence-corrected chi connectivity index (χ4v) is 3.87. The van der Waals surface area contributed by atoms with E-state index in [2.05, 4.69) is 40.6 Å². The van der Waals surface area contributed by atoms with E-state index in [4.69, 9.17) is 0 Å². The first kappa shape index (κ1) is 11.9. The average Bonchev–Trinajstić information content (AvgIpc) is 3.04. The van der Waals surface area contributed by atoms with Crippen LogP contribution in [0.5, 0.6) is 0 Å². The van der Waals surface area contributed by atoms with E-state index in [1.165, 1.54) is 23.4 Å². The number of fused-ring (bicyclic) bond motifs is 3. The number of benzene rings is 1. The molecule has 1 aliphatic carbocycles. The van der Waals surface area contributed by atoms with Crippen molar-refractivity contribution in [2.45, 2.75) is 45.2 Å². The summed E-state index contributed by atoms with van der Waals surface area (Å²) in [6, 6.07) is 10.5. The predicted molar refractivity (Wildman–Crippen MR) is 75.8 cm³/mol. The Morgan fingerprint density at radius 2 is 2.00 bits per heavy atom. The van der Waals surface area contributed by atoms with Crippen LogP contribution in [0.15, 0.2) is 30.3 Å². The third-order valence-electron chi connectivity index (χ3n) is 4.80. The number of Topliss-reactive ketones (excluding diaryl/α,β-unsaturated/α-hetero) is 1. The largest absolute Gasteiger partial charge is 0.294 e. The second-order valence-electron chi connectivity index (χ2n) is 5.95. The summed E-state index contributed by atoms with van der Waals surface area (Å²) in [5.41, 5.74) is 4.75. The van der Waals surface area contributed by atoms with Crippen molar-refractivity contribution in [2.24, 2.45) is 0 Å². The highest BCUT2D eigenvalue weighted by atomic mass is 16.1. The van der Waals surface area contributed by atoms with E-state index in [1.807, 2.05) is 6.07 Å². The number of hydrogen-bond acceptors (Lipinski definition) is 1. The van der Waals surface area contributed by atoms with Gasteiger partial charge < -0.3 is 0 Å². The first-order valence-electron chi connectivity index (χ1n) is 7.46. The molecule has 0 unspecified atom stereocenters. The third-order valence-corrected chi connectivity index (χ3v) is 4.80. The SMILES string of the molecule is Cc1c2c([n+]3n1CCC3)C[C@H](c1ccccc1)CC2=O. The third kappa shape index (κ3) is 1.59. The molecule has 0 amide bonds. The van der Waals surface area contributed by atoms with Gasteiger partial charge in [-0.15, -0.1) is 4.68 Å². The first-order valence-corrected chi connectivity index (χ1v) is 7.46. The molecule has 4 rings (SSSR count). The summed E-state index contributed by atoms with van der Waals surface area (Å²) >= 11 is 0. The molecule has 1 atom stereocenters. The van der Waals surface area contributed by atoms with E-state index < -0.39 is 0 Å². The van der Waals surface area contributed by atoms with Gasteiger partial charge in [0.15, 0.2) is 12.3 Å². The fourth-order valence-electron chi connectivity index (χ4n) is 3.87. The highest BCUT2D eigenvalue weighted by molar-refractivity contribution is 5.99. The zero-order chi connectivity index (χ0) is 13.7. The van der Waals surface area contributed by atoms with Gasteiger partial charge in [0.2, 0.25) is 5.69 Å². The molecule has 0 N–H and O–H groups in total. The summed E-state index contributed by atoms with van der Waals surface area (Å²) in [7, 11) is 0. The zero-order valence-electron chi connectivity index (χ0n) is 11.8. The minimum atomic E-state index is 0.326. The lowest BCUT2D eigenvalue weighted by molar-refractivity contribution is -0.764. The first-order chi connectivity index (χ1) is 9.75. The van der Waals surface area contributed by atoms with Crippen molar-refractivity contribution in [2.75, 3.05) is 0 Å². The van der Waals surface area contributed by atoms with Gasteiger partial charge in [0.05, 0.1) is 12.2 Å². The number of nitrogens with zero attached hydrogens (tertiary/aromatic N) is 2. The molecular formula is C17H19N2O+. The molecule has 0 saturated carbocycles. The van der Waals surface area contributed by atoms with Crippen LogP contribution in [0.1, 0.15) is 46.1 Å². The molecule has 2 aromatic rings. The van der Waals surface area contributed by atoms with Crippen molar-refractivity contribution in [3.63, 3.8) is 0 Å². The number of aromatic nitrogens is 2. The predicted octanol–water partition coefficient (Wildman–Crippen LogP) is 2.40. The van der Waals surface area contributed by atoms with E-state index in [9.17, 15) is 4.79 Å². The lowest BCUT2D eigenvalue weighted by atomic mass is 9.81. The topological polar surface area (TPSA) is 25.9 Å². The van der Waals surface area contributed by atoms with Crippen LogP contribution in [0.3, 0.4) is 0 Å². The van der Waals surface area contributed by atoms with E-state index in [0.29, 0.717) is 18.1 Å². The van der Waals surface area contributed by atoms with Crippen molar-refractivity contribution in [1.29, 1.82) is 0 Å². The Morgan fingerprint density at radius 3 is 2.80 bits per heavy atom. The van der Waals surface area contributed by atoms with Crippen molar-refractivity contribution in [3.05, 3.63) is 52.8 Å². The maximum Gasteiger partial charge on any atom is 0.219 e. The van der Waals surface area contributed by atoms with E-state index in [-0.39, 0.29) is 0 Å². The maximum absolute atomic E-state index is 12.6. The quantitative estimate of drug-likeness (QED) is 0.729. The molecule has 3 heteroatoms. The minimum absolute atomic E-state index is 0.326. The second kappa shape index (κ2) is 4.30. The summed E-state index contributed by atoms with van der Waals surface area (Å²) in [6.45, 7) is 4.22. The van der Waals surface area contributed by atoms with Gasteiger partial charge in [-0.2, -0.15) is 4.68 Å². The Balaban J connectivity index is 1.80. The van der Waals surface area contributed by atoms with Crippen LogP contribution in [-0.4, -0.2) is 10.5 Å². The average molecular weight is 267 g/mol. The maximum atomic E-state index is 12.6. The van der Waals surface area contributed by atoms with Crippen LogP contribution in [-0.2, 0) is 19.5 Å². The molecular weight excluding hydrogens is 248 g/mol. The molecule has 2 heterocycles. The standard InChI is InChI=1S/C17H19N2O/c1-12-17-15(19-9-5-8-18(12)19)10-14(11-16(17)20)13-6-3-2-4-7-13/h2-4,6-7,14H,5,8-11H2,1H3/q+1/t14-/m0/s1. The molecule has 3 nitrogen and oxygen atoms in total. The summed E-state index contributed by atoms with van der Waals surface area (Å²) < 4.78 is 4.65. The Kier molecular flexibility index (Phi) is 2.56. The van der Waals surface area contributed by atoms with Crippen LogP contribution in [0, 0.1) is 6.92 Å². The van der Waals surface area contributed by atoms with Crippen LogP contribution >= 0.6 is 0 Å². The second-order valence-corrected chi connectivity index (χ2v) is 5.95. The van der Waals surface area contributed by atoms with E-state index in [0.717, 1.165) is 25.1 Å². The van der Waals surface area contributed by atoms with Crippen molar-refractivity contribution >= 4 is 5.78 Å². The van der Waals surface area contributed by atoms with Crippen LogP contribution in [0.2, 0.25) is 0 Å². The Bertz CT molecular complexity index is 685. The van der Waals surface area contributed by atoms with Crippen molar-refractivity contribution in [1.82, 2.24) is 4.68 Å². The molecule has 2 aliphatic rings. The minimum Gasteiger partial charge on any atom is -0.294 e. The van der Waals surface area contributed by atoms with Gasteiger partial charge in [0.1, 0.15) is 5.56 Å². The van der Waals surface area contributed by atoms with Crippen molar-refractivity contribution in [3.8, 4) is 0 Å². The van der Waals surface area contributed by atoms with Crippen LogP contribution in [0.25, 0.3) is 0 Å². The van der Waals surface area contributed by atoms with Gasteiger partial charge in [0, 0.05) is 25.2 Å². The summed E-state index contributed by atoms with van der Waals surface area (Å²) in [4.78, 5) is 12.6. The monoisotopic (exact) mass is 267 g/mol. The molecule has 102 valence electrons. The van der Waals surface area contributed by atoms with Gasteiger partial charge in [-0.3, -0.25) is 4.79 Å². The summed E-state index contributed by atoms with van der Waals surface area (Å²) in [5, 5.41) is 0. The summed E-state index contributed by atoms with van der Waals surface area (Å²) in [6.07, 6.45) is 2.85. The highest BCUT2D eigenvalue weighted by Gasteiger charge is 2.40. The normalized spacial score (nSPS) is 20.9. The van der Waals surface area contributed by atoms with E-state index >= 15 is 0 Å². The smallest absolute Gasteiger partial charge is 0.219 e. The molecule has 0 saturated heterocycles.